The molecular weight excluding hydrogens is 276 g/mol. The van der Waals surface area contributed by atoms with E-state index in [-0.39, 0.29) is 11.4 Å². The zero-order valence-corrected chi connectivity index (χ0v) is 13.2. The van der Waals surface area contributed by atoms with Gasteiger partial charge in [-0.1, -0.05) is 20.8 Å². The maximum absolute atomic E-state index is 11.2. The quantitative estimate of drug-likeness (QED) is 0.280. The lowest BCUT2D eigenvalue weighted by Crippen LogP contribution is -2.19. The van der Waals surface area contributed by atoms with Crippen LogP contribution in [0.15, 0.2) is 17.1 Å². The van der Waals surface area contributed by atoms with E-state index >= 15 is 0 Å². The van der Waals surface area contributed by atoms with E-state index in [1.807, 2.05) is 33.9 Å². The molecule has 0 N–H and O–H groups in total. The minimum absolute atomic E-state index is 0.106. The van der Waals surface area contributed by atoms with Crippen LogP contribution >= 0.6 is 0 Å². The largest absolute Gasteiger partial charge is 0.538 e. The van der Waals surface area contributed by atoms with Crippen molar-refractivity contribution in [3.8, 4) is 5.75 Å². The number of carbonyl (C=O) groups excluding carboxylic acids is 1. The number of rotatable bonds is 4. The van der Waals surface area contributed by atoms with Crippen LogP contribution in [-0.4, -0.2) is 20.0 Å². The van der Waals surface area contributed by atoms with Crippen molar-refractivity contribution in [2.45, 2.75) is 39.3 Å². The second-order valence-electron chi connectivity index (χ2n) is 5.53. The van der Waals surface area contributed by atoms with Crippen molar-refractivity contribution in [2.24, 2.45) is 4.99 Å². The molecule has 0 aromatic heterocycles. The molecule has 0 bridgehead atoms. The zero-order valence-electron chi connectivity index (χ0n) is 12.2. The minimum Gasteiger partial charge on any atom is -0.538 e. The fraction of sp³-hybridized carbons (Fsp3) is 0.462. The predicted molar refractivity (Wildman–Crippen MR) is 77.7 cm³/mol. The standard InChI is InChI=1S/C13H17N2O4Si/c1-13(2,3)11-9(14-8-16)6-7-10(15(17)18)12(11)19-20(4)5/h6-7H,1-5H3. The maximum atomic E-state index is 11.2. The molecule has 0 aliphatic rings. The Morgan fingerprint density at radius 3 is 2.35 bits per heavy atom. The SMILES string of the molecule is C[Si](C)Oc1c([N+](=O)[O-])ccc(N=C=O)c1C(C)(C)C. The molecule has 0 saturated heterocycles. The zero-order chi connectivity index (χ0) is 15.5. The van der Waals surface area contributed by atoms with Gasteiger partial charge in [-0.25, -0.2) is 4.79 Å². The summed E-state index contributed by atoms with van der Waals surface area (Å²) in [5, 5.41) is 11.2. The van der Waals surface area contributed by atoms with E-state index in [9.17, 15) is 14.9 Å². The Morgan fingerprint density at radius 1 is 1.35 bits per heavy atom. The summed E-state index contributed by atoms with van der Waals surface area (Å²) in [7, 11) is -1.20. The molecule has 107 valence electrons. The second kappa shape index (κ2) is 5.98. The van der Waals surface area contributed by atoms with E-state index in [2.05, 4.69) is 4.99 Å². The van der Waals surface area contributed by atoms with Gasteiger partial charge in [0.05, 0.1) is 10.6 Å². The van der Waals surface area contributed by atoms with Crippen molar-refractivity contribution in [3.05, 3.63) is 27.8 Å². The second-order valence-corrected chi connectivity index (χ2v) is 7.55. The summed E-state index contributed by atoms with van der Waals surface area (Å²) >= 11 is 0. The Labute approximate surface area is 119 Å². The van der Waals surface area contributed by atoms with Crippen molar-refractivity contribution in [3.63, 3.8) is 0 Å². The van der Waals surface area contributed by atoms with E-state index in [1.54, 1.807) is 0 Å². The van der Waals surface area contributed by atoms with E-state index in [4.69, 9.17) is 4.43 Å². The molecule has 1 radical (unpaired) electrons. The molecule has 0 atom stereocenters. The maximum Gasteiger partial charge on any atom is 0.310 e. The number of nitro benzene ring substituents is 1. The molecule has 1 rings (SSSR count). The van der Waals surface area contributed by atoms with Gasteiger partial charge in [-0.2, -0.15) is 4.99 Å². The van der Waals surface area contributed by atoms with Gasteiger partial charge in [-0.15, -0.1) is 0 Å². The Balaban J connectivity index is 3.72. The van der Waals surface area contributed by atoms with Gasteiger partial charge in [0.2, 0.25) is 6.08 Å². The molecule has 6 nitrogen and oxygen atoms in total. The molecular formula is C13H17N2O4Si. The number of benzene rings is 1. The Bertz CT molecular complexity index is 572. The third-order valence-corrected chi connectivity index (χ3v) is 3.15. The topological polar surface area (TPSA) is 81.8 Å². The van der Waals surface area contributed by atoms with E-state index in [0.29, 0.717) is 11.3 Å². The molecule has 1 aromatic rings. The van der Waals surface area contributed by atoms with Gasteiger partial charge in [0.15, 0.2) is 5.75 Å². The molecule has 7 heteroatoms. The van der Waals surface area contributed by atoms with Gasteiger partial charge in [0.1, 0.15) is 0 Å². The van der Waals surface area contributed by atoms with Crippen LogP contribution in [-0.2, 0) is 10.2 Å². The highest BCUT2D eigenvalue weighted by atomic mass is 28.3. The molecule has 0 aliphatic heterocycles. The first-order chi connectivity index (χ1) is 9.18. The third-order valence-electron chi connectivity index (χ3n) is 2.53. The van der Waals surface area contributed by atoms with Crippen LogP contribution < -0.4 is 4.43 Å². The predicted octanol–water partition coefficient (Wildman–Crippen LogP) is 3.49. The lowest BCUT2D eigenvalue weighted by atomic mass is 9.84. The van der Waals surface area contributed by atoms with Gasteiger partial charge in [0, 0.05) is 11.6 Å². The average Bonchev–Trinajstić information content (AvgIpc) is 2.26. The Hall–Kier alpha value is -1.98. The highest BCUT2D eigenvalue weighted by Crippen LogP contribution is 2.44. The van der Waals surface area contributed by atoms with Crippen LogP contribution in [0.3, 0.4) is 0 Å². The smallest absolute Gasteiger partial charge is 0.310 e. The Morgan fingerprint density at radius 2 is 1.95 bits per heavy atom. The molecule has 0 fully saturated rings. The van der Waals surface area contributed by atoms with Crippen LogP contribution in [0.2, 0.25) is 13.1 Å². The van der Waals surface area contributed by atoms with E-state index < -0.39 is 19.4 Å². The molecule has 0 aliphatic carbocycles. The monoisotopic (exact) mass is 293 g/mol. The highest BCUT2D eigenvalue weighted by Gasteiger charge is 2.30. The van der Waals surface area contributed by atoms with Gasteiger partial charge in [-0.05, 0) is 24.6 Å². The lowest BCUT2D eigenvalue weighted by Gasteiger charge is -2.25. The number of nitrogens with zero attached hydrogens (tertiary/aromatic N) is 2. The minimum atomic E-state index is -1.20. The van der Waals surface area contributed by atoms with Gasteiger partial charge < -0.3 is 4.43 Å². The summed E-state index contributed by atoms with van der Waals surface area (Å²) < 4.78 is 5.72. The molecule has 0 spiro atoms. The molecule has 0 heterocycles. The Kier molecular flexibility index (Phi) is 4.81. The van der Waals surface area contributed by atoms with Crippen LogP contribution in [0.25, 0.3) is 0 Å². The van der Waals surface area contributed by atoms with E-state index in [0.717, 1.165) is 0 Å². The normalized spacial score (nSPS) is 11.1. The summed E-state index contributed by atoms with van der Waals surface area (Å²) in [6, 6.07) is 2.76. The van der Waals surface area contributed by atoms with Crippen LogP contribution in [0, 0.1) is 10.1 Å². The van der Waals surface area contributed by atoms with Gasteiger partial charge in [-0.3, -0.25) is 10.1 Å². The summed E-state index contributed by atoms with van der Waals surface area (Å²) in [4.78, 5) is 24.9. The first kappa shape index (κ1) is 16.1. The van der Waals surface area contributed by atoms with Crippen LogP contribution in [0.1, 0.15) is 26.3 Å². The molecule has 20 heavy (non-hydrogen) atoms. The fourth-order valence-electron chi connectivity index (χ4n) is 1.88. The number of aliphatic imine (C=N–C) groups is 1. The summed E-state index contributed by atoms with van der Waals surface area (Å²) in [5.41, 5.74) is 0.359. The van der Waals surface area contributed by atoms with Crippen molar-refractivity contribution in [1.29, 1.82) is 0 Å². The van der Waals surface area contributed by atoms with Gasteiger partial charge >= 0.3 is 5.69 Å². The summed E-state index contributed by atoms with van der Waals surface area (Å²) in [5.74, 6) is 0.206. The van der Waals surface area contributed by atoms with Crippen LogP contribution in [0.5, 0.6) is 5.75 Å². The van der Waals surface area contributed by atoms with Crippen LogP contribution in [0.4, 0.5) is 11.4 Å². The number of hydrogen-bond donors (Lipinski definition) is 0. The van der Waals surface area contributed by atoms with Gasteiger partial charge in [0.25, 0.3) is 9.04 Å². The van der Waals surface area contributed by atoms with Crippen molar-refractivity contribution >= 4 is 26.5 Å². The van der Waals surface area contributed by atoms with Crippen molar-refractivity contribution in [2.75, 3.05) is 0 Å². The van der Waals surface area contributed by atoms with E-state index in [1.165, 1.54) is 18.2 Å². The first-order valence-electron chi connectivity index (χ1n) is 6.06. The van der Waals surface area contributed by atoms with Crippen molar-refractivity contribution < 1.29 is 14.1 Å². The molecule has 0 saturated carbocycles. The molecule has 0 unspecified atom stereocenters. The number of isocyanates is 1. The fourth-order valence-corrected chi connectivity index (χ4v) is 2.49. The summed E-state index contributed by atoms with van der Waals surface area (Å²) in [6.07, 6.45) is 1.48. The van der Waals surface area contributed by atoms with Crippen molar-refractivity contribution in [1.82, 2.24) is 0 Å². The highest BCUT2D eigenvalue weighted by molar-refractivity contribution is 6.49. The molecule has 1 aromatic carbocycles. The average molecular weight is 293 g/mol. The first-order valence-corrected chi connectivity index (χ1v) is 8.47. The third kappa shape index (κ3) is 3.52. The number of nitro groups is 1. The lowest BCUT2D eigenvalue weighted by molar-refractivity contribution is -0.385. The number of hydrogen-bond acceptors (Lipinski definition) is 5. The summed E-state index contributed by atoms with van der Waals surface area (Å²) in [6.45, 7) is 9.44. The molecule has 0 amide bonds.